The predicted molar refractivity (Wildman–Crippen MR) is 119 cm³/mol. The topological polar surface area (TPSA) is 39.3 Å². The average Bonchev–Trinajstić information content (AvgIpc) is 3.57. The summed E-state index contributed by atoms with van der Waals surface area (Å²) in [4.78, 5) is 21.9. The van der Waals surface area contributed by atoms with E-state index in [1.165, 1.54) is 27.7 Å². The van der Waals surface area contributed by atoms with E-state index >= 15 is 0 Å². The maximum absolute atomic E-state index is 13.3. The first-order chi connectivity index (χ1) is 14.7. The van der Waals surface area contributed by atoms with E-state index in [2.05, 4.69) is 69.4 Å². The number of benzene rings is 2. The fraction of sp³-hybridized carbons (Fsp3) is 0.423. The third-order valence-corrected chi connectivity index (χ3v) is 7.51. The number of carbonyl (C=O) groups is 1. The minimum atomic E-state index is -0.167. The Morgan fingerprint density at radius 3 is 2.47 bits per heavy atom. The van der Waals surface area contributed by atoms with E-state index < -0.39 is 0 Å². The minimum Gasteiger partial charge on any atom is -0.356 e. The summed E-state index contributed by atoms with van der Waals surface area (Å²) >= 11 is 0. The minimum absolute atomic E-state index is 0.167. The Morgan fingerprint density at radius 2 is 1.70 bits per heavy atom. The van der Waals surface area contributed by atoms with E-state index in [-0.39, 0.29) is 11.5 Å². The molecule has 30 heavy (non-hydrogen) atoms. The summed E-state index contributed by atoms with van der Waals surface area (Å²) in [7, 11) is 0. The Balaban J connectivity index is 1.35. The van der Waals surface area contributed by atoms with Crippen molar-refractivity contribution in [3.05, 3.63) is 71.4 Å². The van der Waals surface area contributed by atoms with Gasteiger partial charge in [-0.05, 0) is 49.3 Å². The molecule has 2 aliphatic heterocycles. The Hall–Kier alpha value is -2.59. The molecule has 0 radical (unpaired) electrons. The van der Waals surface area contributed by atoms with Crippen molar-refractivity contribution in [3.63, 3.8) is 0 Å². The summed E-state index contributed by atoms with van der Waals surface area (Å²) in [5.41, 5.74) is 5.19. The number of fused-ring (bicyclic) bond motifs is 4. The van der Waals surface area contributed by atoms with Gasteiger partial charge in [0.05, 0.1) is 5.54 Å². The molecule has 1 N–H and O–H groups in total. The number of nitrogens with zero attached hydrogens (tertiary/aromatic N) is 2. The number of H-pyrrole nitrogens is 1. The van der Waals surface area contributed by atoms with Crippen molar-refractivity contribution in [3.8, 4) is 0 Å². The lowest BCUT2D eigenvalue weighted by molar-refractivity contribution is -0.143. The molecule has 4 heteroatoms. The second kappa shape index (κ2) is 6.98. The summed E-state index contributed by atoms with van der Waals surface area (Å²) in [6.07, 6.45) is 5.14. The zero-order chi connectivity index (χ0) is 20.1. The number of piperidine rings is 1. The fourth-order valence-corrected chi connectivity index (χ4v) is 5.74. The van der Waals surface area contributed by atoms with E-state index in [1.54, 1.807) is 0 Å². The monoisotopic (exact) mass is 399 g/mol. The number of hydrogen-bond donors (Lipinski definition) is 1. The Morgan fingerprint density at radius 1 is 0.967 bits per heavy atom. The van der Waals surface area contributed by atoms with Gasteiger partial charge in [-0.15, -0.1) is 0 Å². The van der Waals surface area contributed by atoms with Crippen LogP contribution in [0.4, 0.5) is 0 Å². The third-order valence-electron chi connectivity index (χ3n) is 7.51. The first-order valence-electron chi connectivity index (χ1n) is 11.4. The van der Waals surface area contributed by atoms with Gasteiger partial charge in [0, 0.05) is 48.7 Å². The van der Waals surface area contributed by atoms with Crippen molar-refractivity contribution in [2.45, 2.75) is 44.2 Å². The van der Waals surface area contributed by atoms with Crippen LogP contribution in [0.15, 0.2) is 54.6 Å². The highest BCUT2D eigenvalue weighted by Gasteiger charge is 2.50. The van der Waals surface area contributed by atoms with E-state index in [9.17, 15) is 4.79 Å². The molecule has 154 valence electrons. The van der Waals surface area contributed by atoms with Gasteiger partial charge in [-0.3, -0.25) is 9.69 Å². The summed E-state index contributed by atoms with van der Waals surface area (Å²) in [5, 5.41) is 1.34. The Bertz CT molecular complexity index is 1070. The van der Waals surface area contributed by atoms with Gasteiger partial charge in [-0.25, -0.2) is 0 Å². The highest BCUT2D eigenvalue weighted by atomic mass is 16.2. The van der Waals surface area contributed by atoms with Crippen LogP contribution in [0.3, 0.4) is 0 Å². The van der Waals surface area contributed by atoms with Gasteiger partial charge < -0.3 is 9.88 Å². The average molecular weight is 400 g/mol. The van der Waals surface area contributed by atoms with Crippen LogP contribution in [-0.2, 0) is 23.3 Å². The first-order valence-corrected chi connectivity index (χ1v) is 11.4. The number of carbonyl (C=O) groups excluding carboxylic acids is 1. The van der Waals surface area contributed by atoms with Crippen LogP contribution in [0.5, 0.6) is 0 Å². The highest BCUT2D eigenvalue weighted by molar-refractivity contribution is 5.87. The normalized spacial score (nSPS) is 21.1. The van der Waals surface area contributed by atoms with Crippen molar-refractivity contribution >= 4 is 16.8 Å². The fourth-order valence-electron chi connectivity index (χ4n) is 5.74. The Labute approximate surface area is 177 Å². The van der Waals surface area contributed by atoms with Crippen LogP contribution in [0.1, 0.15) is 42.5 Å². The molecule has 1 spiro atoms. The summed E-state index contributed by atoms with van der Waals surface area (Å²) < 4.78 is 0. The number of hydrogen-bond acceptors (Lipinski definition) is 2. The molecule has 1 amide bonds. The second-order valence-corrected chi connectivity index (χ2v) is 9.33. The van der Waals surface area contributed by atoms with Crippen molar-refractivity contribution in [2.75, 3.05) is 19.6 Å². The molecule has 3 aromatic rings. The van der Waals surface area contributed by atoms with E-state index in [0.717, 1.165) is 58.3 Å². The molecule has 2 fully saturated rings. The predicted octanol–water partition coefficient (Wildman–Crippen LogP) is 4.45. The number of rotatable bonds is 3. The lowest BCUT2D eigenvalue weighted by Crippen LogP contribution is -2.58. The van der Waals surface area contributed by atoms with Crippen molar-refractivity contribution in [1.82, 2.24) is 14.8 Å². The molecular formula is C26H29N3O. The molecule has 2 aromatic carbocycles. The smallest absolute Gasteiger partial charge is 0.226 e. The van der Waals surface area contributed by atoms with Crippen molar-refractivity contribution < 1.29 is 4.79 Å². The summed E-state index contributed by atoms with van der Waals surface area (Å²) in [5.74, 6) is 0.672. The molecule has 4 nitrogen and oxygen atoms in total. The van der Waals surface area contributed by atoms with Crippen molar-refractivity contribution in [2.24, 2.45) is 5.92 Å². The molecule has 0 atom stereocenters. The third kappa shape index (κ3) is 2.89. The molecule has 1 aromatic heterocycles. The SMILES string of the molecule is O=C(C1CC1)N1CCc2c([nH]c3ccccc23)C12CCN(Cc1ccccc1)CC2. The molecule has 6 rings (SSSR count). The van der Waals surface area contributed by atoms with Gasteiger partial charge >= 0.3 is 0 Å². The van der Waals surface area contributed by atoms with Crippen LogP contribution in [0.2, 0.25) is 0 Å². The van der Waals surface area contributed by atoms with Crippen LogP contribution in [0.25, 0.3) is 10.9 Å². The van der Waals surface area contributed by atoms with Gasteiger partial charge in [-0.2, -0.15) is 0 Å². The van der Waals surface area contributed by atoms with Gasteiger partial charge in [0.25, 0.3) is 0 Å². The quantitative estimate of drug-likeness (QED) is 0.707. The molecule has 0 unspecified atom stereocenters. The summed E-state index contributed by atoms with van der Waals surface area (Å²) in [6.45, 7) is 3.91. The number of likely N-dealkylation sites (tertiary alicyclic amines) is 1. The molecule has 3 aliphatic rings. The van der Waals surface area contributed by atoms with Crippen LogP contribution in [0, 0.1) is 5.92 Å². The highest BCUT2D eigenvalue weighted by Crippen LogP contribution is 2.47. The van der Waals surface area contributed by atoms with Gasteiger partial charge in [0.15, 0.2) is 0 Å². The molecular weight excluding hydrogens is 370 g/mol. The number of nitrogens with one attached hydrogen (secondary N) is 1. The first kappa shape index (κ1) is 18.2. The van der Waals surface area contributed by atoms with Gasteiger partial charge in [0.2, 0.25) is 5.91 Å². The molecule has 1 saturated carbocycles. The number of aromatic nitrogens is 1. The zero-order valence-electron chi connectivity index (χ0n) is 17.4. The number of para-hydroxylation sites is 1. The molecule has 0 bridgehead atoms. The lowest BCUT2D eigenvalue weighted by atomic mass is 9.77. The largest absolute Gasteiger partial charge is 0.356 e. The van der Waals surface area contributed by atoms with Gasteiger partial charge in [-0.1, -0.05) is 48.5 Å². The zero-order valence-corrected chi connectivity index (χ0v) is 17.4. The lowest BCUT2D eigenvalue weighted by Gasteiger charge is -2.51. The molecule has 1 saturated heterocycles. The second-order valence-electron chi connectivity index (χ2n) is 9.33. The van der Waals surface area contributed by atoms with Crippen LogP contribution < -0.4 is 0 Å². The number of aromatic amines is 1. The van der Waals surface area contributed by atoms with Crippen LogP contribution in [-0.4, -0.2) is 40.3 Å². The van der Waals surface area contributed by atoms with Crippen molar-refractivity contribution in [1.29, 1.82) is 0 Å². The van der Waals surface area contributed by atoms with E-state index in [0.29, 0.717) is 5.91 Å². The van der Waals surface area contributed by atoms with Gasteiger partial charge in [0.1, 0.15) is 0 Å². The van der Waals surface area contributed by atoms with Crippen LogP contribution >= 0.6 is 0 Å². The maximum atomic E-state index is 13.3. The standard InChI is InChI=1S/C26H29N3O/c30-25(20-10-11-20)29-15-12-22-21-8-4-5-9-23(21)27-24(22)26(29)13-16-28(17-14-26)18-19-6-2-1-3-7-19/h1-9,20,27H,10-18H2. The molecule has 3 heterocycles. The van der Waals surface area contributed by atoms with E-state index in [4.69, 9.17) is 0 Å². The maximum Gasteiger partial charge on any atom is 0.226 e. The van der Waals surface area contributed by atoms with E-state index in [1.807, 2.05) is 0 Å². The molecule has 1 aliphatic carbocycles. The summed E-state index contributed by atoms with van der Waals surface area (Å²) in [6, 6.07) is 19.4. The number of amides is 1. The Kier molecular flexibility index (Phi) is 4.24.